The van der Waals surface area contributed by atoms with Gasteiger partial charge >= 0.3 is 0 Å². The Bertz CT molecular complexity index is 944. The molecular weight excluding hydrogens is 466 g/mol. The van der Waals surface area contributed by atoms with Gasteiger partial charge < -0.3 is 15.6 Å². The first-order valence-electron chi connectivity index (χ1n) is 7.68. The molecule has 3 aromatic rings. The molecule has 1 heterocycles. The zero-order valence-corrected chi connectivity index (χ0v) is 16.9. The van der Waals surface area contributed by atoms with E-state index in [0.29, 0.717) is 13.1 Å². The first kappa shape index (κ1) is 20.2. The summed E-state index contributed by atoms with van der Waals surface area (Å²) < 4.78 is 15.6. The zero-order chi connectivity index (χ0) is 17.8. The molecular formula is C18H18FIN4OS. The Morgan fingerprint density at radius 2 is 1.88 bits per heavy atom. The molecule has 1 amide bonds. The average Bonchev–Trinajstić information content (AvgIpc) is 2.93. The number of carbonyl (C=O) groups excluding carboxylic acids is 1. The van der Waals surface area contributed by atoms with Crippen LogP contribution in [0, 0.1) is 11.2 Å². The zero-order valence-electron chi connectivity index (χ0n) is 13.7. The molecule has 5 nitrogen and oxygen atoms in total. The van der Waals surface area contributed by atoms with Crippen LogP contribution >= 0.6 is 35.7 Å². The predicted octanol–water partition coefficient (Wildman–Crippen LogP) is 3.81. The molecule has 0 saturated carbocycles. The van der Waals surface area contributed by atoms with Crippen molar-refractivity contribution in [1.82, 2.24) is 9.88 Å². The molecule has 1 aromatic heterocycles. The van der Waals surface area contributed by atoms with Gasteiger partial charge in [0.25, 0.3) is 5.91 Å². The smallest absolute Gasteiger partial charge is 0.254 e. The Morgan fingerprint density at radius 1 is 1.19 bits per heavy atom. The fourth-order valence-corrected chi connectivity index (χ4v) is 3.33. The van der Waals surface area contributed by atoms with Crippen molar-refractivity contribution in [1.29, 1.82) is 5.41 Å². The second-order valence-corrected chi connectivity index (χ2v) is 6.49. The molecule has 0 atom stereocenters. The Kier molecular flexibility index (Phi) is 7.04. The third-order valence-electron chi connectivity index (χ3n) is 3.73. The number of benzene rings is 2. The number of thioether (sulfide) groups is 1. The number of nitrogens with zero attached hydrogens (tertiary/aromatic N) is 1. The van der Waals surface area contributed by atoms with Crippen molar-refractivity contribution < 1.29 is 9.18 Å². The molecule has 0 saturated heterocycles. The summed E-state index contributed by atoms with van der Waals surface area (Å²) in [6, 6.07) is 13.7. The van der Waals surface area contributed by atoms with Gasteiger partial charge in [-0.05, 0) is 18.2 Å². The summed E-state index contributed by atoms with van der Waals surface area (Å²) >= 11 is 1.19. The lowest BCUT2D eigenvalue weighted by atomic mass is 10.2. The molecule has 8 heteroatoms. The van der Waals surface area contributed by atoms with Crippen LogP contribution in [0.5, 0.6) is 0 Å². The van der Waals surface area contributed by atoms with Crippen LogP contribution in [-0.2, 0) is 6.54 Å². The normalized spacial score (nSPS) is 10.3. The van der Waals surface area contributed by atoms with Crippen molar-refractivity contribution in [2.24, 2.45) is 5.73 Å². The molecule has 0 bridgehead atoms. The van der Waals surface area contributed by atoms with Gasteiger partial charge in [-0.15, -0.1) is 24.0 Å². The maximum atomic E-state index is 13.6. The maximum Gasteiger partial charge on any atom is 0.254 e. The molecule has 0 unspecified atom stereocenters. The van der Waals surface area contributed by atoms with E-state index in [0.717, 1.165) is 15.8 Å². The van der Waals surface area contributed by atoms with Crippen LogP contribution in [0.2, 0.25) is 0 Å². The highest BCUT2D eigenvalue weighted by Gasteiger charge is 2.12. The van der Waals surface area contributed by atoms with Crippen LogP contribution in [0.1, 0.15) is 10.4 Å². The van der Waals surface area contributed by atoms with Gasteiger partial charge in [-0.2, -0.15) is 0 Å². The van der Waals surface area contributed by atoms with Gasteiger partial charge in [0.1, 0.15) is 5.82 Å². The van der Waals surface area contributed by atoms with Crippen molar-refractivity contribution in [3.05, 3.63) is 66.1 Å². The van der Waals surface area contributed by atoms with E-state index in [4.69, 9.17) is 11.1 Å². The number of amidine groups is 1. The summed E-state index contributed by atoms with van der Waals surface area (Å²) in [6.07, 6.45) is 1.91. The number of rotatable bonds is 5. The lowest BCUT2D eigenvalue weighted by Crippen LogP contribution is -2.27. The topological polar surface area (TPSA) is 83.9 Å². The second-order valence-electron chi connectivity index (χ2n) is 5.41. The van der Waals surface area contributed by atoms with E-state index in [1.165, 1.54) is 23.9 Å². The van der Waals surface area contributed by atoms with Crippen molar-refractivity contribution in [2.75, 3.05) is 6.54 Å². The van der Waals surface area contributed by atoms with Crippen molar-refractivity contribution in [3.63, 3.8) is 0 Å². The van der Waals surface area contributed by atoms with E-state index < -0.39 is 11.7 Å². The van der Waals surface area contributed by atoms with Crippen LogP contribution in [0.4, 0.5) is 4.39 Å². The minimum atomic E-state index is -0.536. The van der Waals surface area contributed by atoms with Gasteiger partial charge in [0.2, 0.25) is 0 Å². The molecule has 0 spiro atoms. The van der Waals surface area contributed by atoms with Crippen molar-refractivity contribution in [3.8, 4) is 0 Å². The van der Waals surface area contributed by atoms with Gasteiger partial charge in [-0.3, -0.25) is 10.2 Å². The average molecular weight is 484 g/mol. The first-order chi connectivity index (χ1) is 12.1. The van der Waals surface area contributed by atoms with E-state index in [1.54, 1.807) is 12.1 Å². The van der Waals surface area contributed by atoms with Crippen LogP contribution in [0.15, 0.2) is 59.6 Å². The standard InChI is InChI=1S/C18H17FN4OS.HI/c19-14-7-3-1-5-12(14)17(24)22-9-10-23-11-16(25-18(20)21)13-6-2-4-8-15(13)23;/h1-8,11H,9-10H2,(H3,20,21)(H,22,24);1H. The quantitative estimate of drug-likeness (QED) is 0.223. The van der Waals surface area contributed by atoms with E-state index in [2.05, 4.69) is 5.32 Å². The van der Waals surface area contributed by atoms with Gasteiger partial charge in [-0.25, -0.2) is 4.39 Å². The van der Waals surface area contributed by atoms with Crippen molar-refractivity contribution >= 4 is 57.7 Å². The van der Waals surface area contributed by atoms with E-state index >= 15 is 0 Å². The summed E-state index contributed by atoms with van der Waals surface area (Å²) in [4.78, 5) is 13.0. The van der Waals surface area contributed by atoms with Crippen LogP contribution in [0.3, 0.4) is 0 Å². The number of fused-ring (bicyclic) bond motifs is 1. The van der Waals surface area contributed by atoms with E-state index in [1.807, 2.05) is 35.0 Å². The third kappa shape index (κ3) is 4.55. The summed E-state index contributed by atoms with van der Waals surface area (Å²) in [7, 11) is 0. The maximum absolute atomic E-state index is 13.6. The number of hydrogen-bond acceptors (Lipinski definition) is 3. The fourth-order valence-electron chi connectivity index (χ4n) is 2.63. The van der Waals surface area contributed by atoms with Gasteiger partial charge in [0.05, 0.1) is 5.56 Å². The molecule has 0 aliphatic heterocycles. The van der Waals surface area contributed by atoms with Gasteiger partial charge in [0, 0.05) is 35.1 Å². The Hall–Kier alpha value is -2.07. The Balaban J connectivity index is 0.00000243. The highest BCUT2D eigenvalue weighted by Crippen LogP contribution is 2.29. The van der Waals surface area contributed by atoms with Gasteiger partial charge in [-0.1, -0.05) is 42.1 Å². The molecule has 3 rings (SSSR count). The number of aromatic nitrogens is 1. The molecule has 136 valence electrons. The molecule has 0 aliphatic carbocycles. The SMILES string of the molecule is I.N=C(N)Sc1cn(CCNC(=O)c2ccccc2F)c2ccccc12. The summed E-state index contributed by atoms with van der Waals surface area (Å²) in [5.41, 5.74) is 6.51. The number of hydrogen-bond donors (Lipinski definition) is 3. The number of amides is 1. The molecule has 0 fully saturated rings. The highest BCUT2D eigenvalue weighted by molar-refractivity contribution is 14.0. The molecule has 26 heavy (non-hydrogen) atoms. The molecule has 0 aliphatic rings. The largest absolute Gasteiger partial charge is 0.378 e. The predicted molar refractivity (Wildman–Crippen MR) is 114 cm³/mol. The molecule has 2 aromatic carbocycles. The minimum absolute atomic E-state index is 0. The van der Waals surface area contributed by atoms with Crippen LogP contribution < -0.4 is 11.1 Å². The summed E-state index contributed by atoms with van der Waals surface area (Å²) in [6.45, 7) is 0.884. The fraction of sp³-hybridized carbons (Fsp3) is 0.111. The van der Waals surface area contributed by atoms with Crippen molar-refractivity contribution in [2.45, 2.75) is 11.4 Å². The van der Waals surface area contributed by atoms with E-state index in [-0.39, 0.29) is 34.7 Å². The summed E-state index contributed by atoms with van der Waals surface area (Å²) in [5, 5.41) is 11.2. The lowest BCUT2D eigenvalue weighted by molar-refractivity contribution is 0.0948. The first-order valence-corrected chi connectivity index (χ1v) is 8.50. The number of para-hydroxylation sites is 1. The monoisotopic (exact) mass is 484 g/mol. The van der Waals surface area contributed by atoms with Gasteiger partial charge in [0.15, 0.2) is 5.17 Å². The van der Waals surface area contributed by atoms with E-state index in [9.17, 15) is 9.18 Å². The third-order valence-corrected chi connectivity index (χ3v) is 4.49. The number of halogens is 2. The Morgan fingerprint density at radius 3 is 2.62 bits per heavy atom. The Labute approximate surface area is 171 Å². The molecule has 0 radical (unpaired) electrons. The lowest BCUT2D eigenvalue weighted by Gasteiger charge is -2.08. The number of nitrogens with one attached hydrogen (secondary N) is 2. The second kappa shape index (κ2) is 9.04. The molecule has 4 N–H and O–H groups in total. The summed E-state index contributed by atoms with van der Waals surface area (Å²) in [5.74, 6) is -0.973. The highest BCUT2D eigenvalue weighted by atomic mass is 127. The number of nitrogens with two attached hydrogens (primary N) is 1. The van der Waals surface area contributed by atoms with Crippen LogP contribution in [0.25, 0.3) is 10.9 Å². The minimum Gasteiger partial charge on any atom is -0.378 e. The van der Waals surface area contributed by atoms with Crippen LogP contribution in [-0.4, -0.2) is 22.2 Å². The number of carbonyl (C=O) groups is 1.